The molecule has 0 saturated carbocycles. The van der Waals surface area contributed by atoms with Gasteiger partial charge in [0.1, 0.15) is 16.3 Å². The number of nitrogens with zero attached hydrogens (tertiary/aromatic N) is 4. The first-order chi connectivity index (χ1) is 13.2. The zero-order chi connectivity index (χ0) is 18.6. The summed E-state index contributed by atoms with van der Waals surface area (Å²) >= 11 is 3.51. The number of thioether (sulfide) groups is 2. The molecule has 1 aromatic heterocycles. The van der Waals surface area contributed by atoms with Gasteiger partial charge in [-0.15, -0.1) is 11.8 Å². The van der Waals surface area contributed by atoms with Crippen molar-refractivity contribution in [2.45, 2.75) is 22.3 Å². The maximum absolute atomic E-state index is 5.90. The standard InChI is InChI=1S/C17H22N6O2S2/c1-2-25-11-3-4-12-13(9-11)27-17(19-12)26-10-14-20-15(18)22-16(21-14)23-5-7-24-8-6-23/h3-4,9,17,19H,2,5-8,10H2,1H3,(H2,18,20,21,22). The summed E-state index contributed by atoms with van der Waals surface area (Å²) in [5.74, 6) is 3.15. The van der Waals surface area contributed by atoms with Gasteiger partial charge in [0.25, 0.3) is 0 Å². The molecule has 0 bridgehead atoms. The number of anilines is 3. The van der Waals surface area contributed by atoms with Crippen LogP contribution in [0.1, 0.15) is 12.7 Å². The van der Waals surface area contributed by atoms with Gasteiger partial charge in [0, 0.05) is 23.7 Å². The van der Waals surface area contributed by atoms with E-state index in [4.69, 9.17) is 15.2 Å². The molecule has 1 atom stereocenters. The number of nitrogens with one attached hydrogen (secondary N) is 1. The molecule has 0 spiro atoms. The van der Waals surface area contributed by atoms with Gasteiger partial charge in [0.15, 0.2) is 0 Å². The molecule has 8 nitrogen and oxygen atoms in total. The van der Waals surface area contributed by atoms with E-state index in [1.807, 2.05) is 13.0 Å². The van der Waals surface area contributed by atoms with Crippen molar-refractivity contribution in [2.24, 2.45) is 0 Å². The molecule has 144 valence electrons. The van der Waals surface area contributed by atoms with Crippen molar-refractivity contribution in [1.82, 2.24) is 15.0 Å². The fourth-order valence-corrected chi connectivity index (χ4v) is 5.15. The lowest BCUT2D eigenvalue weighted by Gasteiger charge is -2.26. The molecule has 0 aliphatic carbocycles. The SMILES string of the molecule is CCOc1ccc2c(c1)SC(SCc1nc(N)nc(N3CCOCC3)n1)N2. The molecule has 0 radical (unpaired) electrons. The Labute approximate surface area is 166 Å². The molecule has 3 heterocycles. The van der Waals surface area contributed by atoms with Gasteiger partial charge in [0.2, 0.25) is 11.9 Å². The average Bonchev–Trinajstić information content (AvgIpc) is 3.09. The van der Waals surface area contributed by atoms with Gasteiger partial charge in [-0.2, -0.15) is 15.0 Å². The molecule has 1 aromatic carbocycles. The van der Waals surface area contributed by atoms with Crippen molar-refractivity contribution in [3.05, 3.63) is 24.0 Å². The van der Waals surface area contributed by atoms with E-state index in [1.165, 1.54) is 4.90 Å². The van der Waals surface area contributed by atoms with Gasteiger partial charge < -0.3 is 25.4 Å². The Bertz CT molecular complexity index is 803. The molecule has 3 N–H and O–H groups in total. The van der Waals surface area contributed by atoms with E-state index < -0.39 is 0 Å². The van der Waals surface area contributed by atoms with E-state index in [1.54, 1.807) is 23.5 Å². The highest BCUT2D eigenvalue weighted by Crippen LogP contribution is 2.45. The lowest BCUT2D eigenvalue weighted by molar-refractivity contribution is 0.122. The van der Waals surface area contributed by atoms with Crippen LogP contribution in [0.4, 0.5) is 17.6 Å². The van der Waals surface area contributed by atoms with Gasteiger partial charge in [-0.05, 0) is 25.1 Å². The lowest BCUT2D eigenvalue weighted by Crippen LogP contribution is -2.37. The van der Waals surface area contributed by atoms with Crippen LogP contribution in [-0.2, 0) is 10.5 Å². The van der Waals surface area contributed by atoms with E-state index >= 15 is 0 Å². The van der Waals surface area contributed by atoms with E-state index in [0.29, 0.717) is 37.3 Å². The fraction of sp³-hybridized carbons (Fsp3) is 0.471. The molecule has 2 aliphatic rings. The van der Waals surface area contributed by atoms with Crippen LogP contribution in [-0.4, -0.2) is 52.6 Å². The fourth-order valence-electron chi connectivity index (χ4n) is 2.87. The van der Waals surface area contributed by atoms with Gasteiger partial charge in [-0.1, -0.05) is 11.8 Å². The minimum absolute atomic E-state index is 0.196. The van der Waals surface area contributed by atoms with Crippen LogP contribution in [0, 0.1) is 0 Å². The monoisotopic (exact) mass is 406 g/mol. The highest BCUT2D eigenvalue weighted by Gasteiger charge is 2.23. The van der Waals surface area contributed by atoms with Crippen LogP contribution in [0.5, 0.6) is 5.75 Å². The Morgan fingerprint density at radius 1 is 1.33 bits per heavy atom. The minimum atomic E-state index is 0.196. The number of morpholine rings is 1. The van der Waals surface area contributed by atoms with Gasteiger partial charge in [-0.3, -0.25) is 0 Å². The molecule has 0 amide bonds. The third kappa shape index (κ3) is 4.50. The van der Waals surface area contributed by atoms with Crippen molar-refractivity contribution in [1.29, 1.82) is 0 Å². The largest absolute Gasteiger partial charge is 0.494 e. The van der Waals surface area contributed by atoms with Crippen molar-refractivity contribution < 1.29 is 9.47 Å². The first-order valence-corrected chi connectivity index (χ1v) is 10.8. The average molecular weight is 407 g/mol. The molecule has 10 heteroatoms. The van der Waals surface area contributed by atoms with Crippen molar-refractivity contribution in [3.8, 4) is 5.75 Å². The highest BCUT2D eigenvalue weighted by atomic mass is 32.2. The molecule has 1 unspecified atom stereocenters. The first kappa shape index (κ1) is 18.5. The van der Waals surface area contributed by atoms with E-state index in [0.717, 1.165) is 24.5 Å². The zero-order valence-electron chi connectivity index (χ0n) is 15.1. The number of aromatic nitrogens is 3. The van der Waals surface area contributed by atoms with Crippen LogP contribution < -0.4 is 20.7 Å². The third-order valence-corrected chi connectivity index (χ3v) is 6.58. The zero-order valence-corrected chi connectivity index (χ0v) is 16.7. The maximum atomic E-state index is 5.90. The molecule has 2 aliphatic heterocycles. The predicted molar refractivity (Wildman–Crippen MR) is 109 cm³/mol. The summed E-state index contributed by atoms with van der Waals surface area (Å²) in [5, 5.41) is 3.51. The van der Waals surface area contributed by atoms with Gasteiger partial charge >= 0.3 is 0 Å². The Morgan fingerprint density at radius 3 is 3.00 bits per heavy atom. The number of hydrogen-bond donors (Lipinski definition) is 2. The van der Waals surface area contributed by atoms with Crippen LogP contribution in [0.3, 0.4) is 0 Å². The minimum Gasteiger partial charge on any atom is -0.494 e. The van der Waals surface area contributed by atoms with E-state index in [-0.39, 0.29) is 10.7 Å². The second-order valence-electron chi connectivity index (χ2n) is 6.01. The maximum Gasteiger partial charge on any atom is 0.230 e. The number of hydrogen-bond acceptors (Lipinski definition) is 10. The Balaban J connectivity index is 1.38. The van der Waals surface area contributed by atoms with Crippen LogP contribution in [0.15, 0.2) is 23.1 Å². The number of nitrogens with two attached hydrogens (primary N) is 1. The normalized spacial score (nSPS) is 18.9. The van der Waals surface area contributed by atoms with Crippen molar-refractivity contribution in [3.63, 3.8) is 0 Å². The Morgan fingerprint density at radius 2 is 2.19 bits per heavy atom. The molecular formula is C17H22N6O2S2. The molecule has 4 rings (SSSR count). The van der Waals surface area contributed by atoms with Gasteiger partial charge in [-0.25, -0.2) is 0 Å². The van der Waals surface area contributed by atoms with Crippen molar-refractivity contribution in [2.75, 3.05) is 48.9 Å². The second kappa shape index (κ2) is 8.41. The van der Waals surface area contributed by atoms with Crippen molar-refractivity contribution >= 4 is 41.1 Å². The smallest absolute Gasteiger partial charge is 0.230 e. The number of benzene rings is 1. The second-order valence-corrected chi connectivity index (χ2v) is 8.54. The first-order valence-electron chi connectivity index (χ1n) is 8.86. The highest BCUT2D eigenvalue weighted by molar-refractivity contribution is 8.17. The molecule has 1 saturated heterocycles. The summed E-state index contributed by atoms with van der Waals surface area (Å²) in [6, 6.07) is 6.13. The third-order valence-electron chi connectivity index (χ3n) is 4.12. The summed E-state index contributed by atoms with van der Waals surface area (Å²) in [6.45, 7) is 5.56. The van der Waals surface area contributed by atoms with E-state index in [9.17, 15) is 0 Å². The molecule has 27 heavy (non-hydrogen) atoms. The summed E-state index contributed by atoms with van der Waals surface area (Å²) in [7, 11) is 0. The van der Waals surface area contributed by atoms with Gasteiger partial charge in [0.05, 0.1) is 25.6 Å². The summed E-state index contributed by atoms with van der Waals surface area (Å²) in [5.41, 5.74) is 7.03. The number of nitrogen functional groups attached to an aromatic ring is 1. The molecular weight excluding hydrogens is 384 g/mol. The molecule has 1 fully saturated rings. The predicted octanol–water partition coefficient (Wildman–Crippen LogP) is 2.42. The lowest BCUT2D eigenvalue weighted by atomic mass is 10.3. The summed E-state index contributed by atoms with van der Waals surface area (Å²) < 4.78 is 11.2. The van der Waals surface area contributed by atoms with Crippen LogP contribution in [0.25, 0.3) is 0 Å². The quantitative estimate of drug-likeness (QED) is 0.744. The summed E-state index contributed by atoms with van der Waals surface area (Å²) in [4.78, 5) is 16.5. The molecule has 2 aromatic rings. The van der Waals surface area contributed by atoms with Crippen LogP contribution >= 0.6 is 23.5 Å². The van der Waals surface area contributed by atoms with Crippen LogP contribution in [0.2, 0.25) is 0 Å². The number of rotatable bonds is 6. The number of fused-ring (bicyclic) bond motifs is 1. The number of ether oxygens (including phenoxy) is 2. The Hall–Kier alpha value is -1.91. The summed E-state index contributed by atoms with van der Waals surface area (Å²) in [6.07, 6.45) is 0. The Kier molecular flexibility index (Phi) is 5.74. The topological polar surface area (TPSA) is 98.4 Å². The van der Waals surface area contributed by atoms with E-state index in [2.05, 4.69) is 37.3 Å².